The SMILES string of the molecule is C=CC(=O)N1CCN(c2c(C#N)c(=O)n(C3C(C(C)C)=NC=C[C@H]3C)c3nc(-c4c(F)c(F)c(F)c(N)c4Cl)c(Cl)cc23)CC1. The van der Waals surface area contributed by atoms with Crippen LogP contribution in [0.5, 0.6) is 0 Å². The molecular weight excluding hydrogens is 630 g/mol. The van der Waals surface area contributed by atoms with Gasteiger partial charge in [-0.1, -0.05) is 56.6 Å². The first-order valence-electron chi connectivity index (χ1n) is 14.0. The number of aromatic nitrogens is 2. The molecule has 1 saturated heterocycles. The average molecular weight is 659 g/mol. The zero-order valence-electron chi connectivity index (χ0n) is 24.5. The molecule has 45 heavy (non-hydrogen) atoms. The van der Waals surface area contributed by atoms with Gasteiger partial charge in [0.25, 0.3) is 5.56 Å². The van der Waals surface area contributed by atoms with E-state index in [0.29, 0.717) is 5.71 Å². The number of nitrogens with two attached hydrogens (primary N) is 1. The molecule has 2 atom stereocenters. The van der Waals surface area contributed by atoms with Crippen molar-refractivity contribution in [2.45, 2.75) is 26.8 Å². The van der Waals surface area contributed by atoms with Gasteiger partial charge < -0.3 is 15.5 Å². The number of rotatable bonds is 5. The number of aliphatic imine (C=N–C) groups is 1. The van der Waals surface area contributed by atoms with Crippen LogP contribution < -0.4 is 16.2 Å². The number of hydrogen-bond acceptors (Lipinski definition) is 7. The van der Waals surface area contributed by atoms with E-state index >= 15 is 4.39 Å². The molecule has 1 aromatic carbocycles. The molecular formula is C31H28Cl2F3N7O2. The maximum absolute atomic E-state index is 15.3. The topological polar surface area (TPSA) is 121 Å². The highest BCUT2D eigenvalue weighted by molar-refractivity contribution is 6.38. The van der Waals surface area contributed by atoms with Crippen molar-refractivity contribution in [3.8, 4) is 17.3 Å². The van der Waals surface area contributed by atoms with E-state index in [2.05, 4.69) is 22.6 Å². The number of nitrogen functional groups attached to an aromatic ring is 1. The number of allylic oxidation sites excluding steroid dienone is 1. The van der Waals surface area contributed by atoms with E-state index in [0.717, 1.165) is 0 Å². The number of pyridine rings is 2. The summed E-state index contributed by atoms with van der Waals surface area (Å²) in [6.45, 7) is 10.3. The molecule has 14 heteroatoms. The molecule has 1 unspecified atom stereocenters. The van der Waals surface area contributed by atoms with Gasteiger partial charge in [0.1, 0.15) is 17.3 Å². The van der Waals surface area contributed by atoms with E-state index in [-0.39, 0.29) is 76.9 Å². The molecule has 0 radical (unpaired) electrons. The van der Waals surface area contributed by atoms with E-state index < -0.39 is 45.3 Å². The Morgan fingerprint density at radius 1 is 1.18 bits per heavy atom. The first-order chi connectivity index (χ1) is 21.3. The molecule has 2 aliphatic heterocycles. The van der Waals surface area contributed by atoms with Crippen molar-refractivity contribution in [2.24, 2.45) is 16.8 Å². The summed E-state index contributed by atoms with van der Waals surface area (Å²) in [5, 5.41) is 9.76. The van der Waals surface area contributed by atoms with Crippen molar-refractivity contribution in [1.29, 1.82) is 5.26 Å². The lowest BCUT2D eigenvalue weighted by Gasteiger charge is -2.37. The third-order valence-electron chi connectivity index (χ3n) is 8.12. The van der Waals surface area contributed by atoms with E-state index in [1.807, 2.05) is 20.8 Å². The summed E-state index contributed by atoms with van der Waals surface area (Å²) in [6.07, 6.45) is 4.65. The lowest BCUT2D eigenvalue weighted by molar-refractivity contribution is -0.126. The highest BCUT2D eigenvalue weighted by Crippen LogP contribution is 2.43. The summed E-state index contributed by atoms with van der Waals surface area (Å²) in [6, 6.07) is 2.72. The zero-order chi connectivity index (χ0) is 32.9. The van der Waals surface area contributed by atoms with Crippen molar-refractivity contribution >= 4 is 57.2 Å². The number of nitrogens with zero attached hydrogens (tertiary/aromatic N) is 6. The third-order valence-corrected chi connectivity index (χ3v) is 8.80. The Morgan fingerprint density at radius 2 is 1.84 bits per heavy atom. The van der Waals surface area contributed by atoms with Gasteiger partial charge in [0.05, 0.1) is 38.7 Å². The van der Waals surface area contributed by atoms with Crippen molar-refractivity contribution in [3.63, 3.8) is 0 Å². The number of anilines is 2. The Hall–Kier alpha value is -4.34. The van der Waals surface area contributed by atoms with Crippen LogP contribution in [0.1, 0.15) is 32.4 Å². The second kappa shape index (κ2) is 12.2. The molecule has 1 amide bonds. The van der Waals surface area contributed by atoms with Crippen LogP contribution in [0.25, 0.3) is 22.3 Å². The van der Waals surface area contributed by atoms with Crippen LogP contribution in [0.2, 0.25) is 10.0 Å². The van der Waals surface area contributed by atoms with E-state index in [4.69, 9.17) is 28.9 Å². The van der Waals surface area contributed by atoms with Crippen molar-refractivity contribution < 1.29 is 18.0 Å². The van der Waals surface area contributed by atoms with Crippen molar-refractivity contribution in [3.05, 3.63) is 74.4 Å². The molecule has 2 aromatic heterocycles. The van der Waals surface area contributed by atoms with E-state index in [1.165, 1.54) is 16.7 Å². The van der Waals surface area contributed by atoms with Gasteiger partial charge in [-0.2, -0.15) is 5.26 Å². The van der Waals surface area contributed by atoms with E-state index in [9.17, 15) is 23.6 Å². The largest absolute Gasteiger partial charge is 0.395 e. The first-order valence-corrected chi connectivity index (χ1v) is 14.8. The van der Waals surface area contributed by atoms with Gasteiger partial charge in [0.15, 0.2) is 17.5 Å². The molecule has 0 bridgehead atoms. The van der Waals surface area contributed by atoms with Crippen LogP contribution >= 0.6 is 23.2 Å². The molecule has 9 nitrogen and oxygen atoms in total. The quantitative estimate of drug-likeness (QED) is 0.158. The first kappa shape index (κ1) is 32.1. The number of benzene rings is 1. The molecule has 2 aliphatic rings. The fourth-order valence-electron chi connectivity index (χ4n) is 5.87. The van der Waals surface area contributed by atoms with Crippen LogP contribution in [0, 0.1) is 40.6 Å². The molecule has 0 saturated carbocycles. The van der Waals surface area contributed by atoms with Gasteiger partial charge in [-0.3, -0.25) is 19.1 Å². The molecule has 234 valence electrons. The number of carbonyl (C=O) groups is 1. The lowest BCUT2D eigenvalue weighted by atomic mass is 9.88. The standard InChI is InChI=1S/C31H28Cl2F3N7O2/c1-5-19(44)41-8-10-42(11-9-41)29-16-12-18(32)27(20-21(33)25(38)24(36)23(35)22(20)34)40-30(16)43(31(45)17(29)13-37)28-15(4)6-7-39-26(28)14(2)3/h5-7,12,14-15,28H,1,8-11,38H2,2-4H3/t15-,28?/m1/s1. The van der Waals surface area contributed by atoms with Gasteiger partial charge in [0.2, 0.25) is 5.91 Å². The van der Waals surface area contributed by atoms with Crippen LogP contribution in [-0.4, -0.2) is 52.2 Å². The second-order valence-electron chi connectivity index (χ2n) is 11.1. The minimum absolute atomic E-state index is 0.0164. The lowest BCUT2D eigenvalue weighted by Crippen LogP contribution is -2.49. The predicted molar refractivity (Wildman–Crippen MR) is 169 cm³/mol. The monoisotopic (exact) mass is 657 g/mol. The number of amides is 1. The molecule has 5 rings (SSSR count). The molecule has 0 spiro atoms. The summed E-state index contributed by atoms with van der Waals surface area (Å²) in [7, 11) is 0. The molecule has 1 fully saturated rings. The Bertz CT molecular complexity index is 1900. The van der Waals surface area contributed by atoms with Crippen molar-refractivity contribution in [2.75, 3.05) is 36.8 Å². The smallest absolute Gasteiger partial charge is 0.272 e. The van der Waals surface area contributed by atoms with Crippen LogP contribution in [0.4, 0.5) is 24.5 Å². The fraction of sp³-hybridized carbons (Fsp3) is 0.323. The van der Waals surface area contributed by atoms with Crippen LogP contribution in [0.15, 0.2) is 40.8 Å². The van der Waals surface area contributed by atoms with Gasteiger partial charge in [-0.05, 0) is 18.1 Å². The summed E-state index contributed by atoms with van der Waals surface area (Å²) < 4.78 is 45.5. The average Bonchev–Trinajstić information content (AvgIpc) is 3.02. The number of carbonyl (C=O) groups excluding carboxylic acids is 1. The zero-order valence-corrected chi connectivity index (χ0v) is 26.1. The number of fused-ring (bicyclic) bond motifs is 1. The number of halogens is 5. The van der Waals surface area contributed by atoms with Gasteiger partial charge in [-0.25, -0.2) is 18.2 Å². The maximum Gasteiger partial charge on any atom is 0.272 e. The summed E-state index contributed by atoms with van der Waals surface area (Å²) in [5.41, 5.74) is 3.69. The summed E-state index contributed by atoms with van der Waals surface area (Å²) >= 11 is 12.9. The summed E-state index contributed by atoms with van der Waals surface area (Å²) in [4.78, 5) is 39.1. The Kier molecular flexibility index (Phi) is 8.70. The number of nitriles is 1. The van der Waals surface area contributed by atoms with Crippen LogP contribution in [-0.2, 0) is 4.79 Å². The van der Waals surface area contributed by atoms with Gasteiger partial charge >= 0.3 is 0 Å². The number of hydrogen-bond donors (Lipinski definition) is 1. The second-order valence-corrected chi connectivity index (χ2v) is 11.9. The van der Waals surface area contributed by atoms with Gasteiger partial charge in [-0.15, -0.1) is 0 Å². The molecule has 2 N–H and O–H groups in total. The molecule has 0 aliphatic carbocycles. The molecule has 4 heterocycles. The normalized spacial score (nSPS) is 18.4. The highest BCUT2D eigenvalue weighted by Gasteiger charge is 2.35. The number of piperazine rings is 1. The Labute approximate surface area is 266 Å². The minimum atomic E-state index is -1.87. The Balaban J connectivity index is 1.88. The molecule has 3 aromatic rings. The van der Waals surface area contributed by atoms with E-state index in [1.54, 1.807) is 22.1 Å². The fourth-order valence-corrected chi connectivity index (χ4v) is 6.37. The summed E-state index contributed by atoms with van der Waals surface area (Å²) in [5.74, 6) is -5.87. The predicted octanol–water partition coefficient (Wildman–Crippen LogP) is 5.88. The Morgan fingerprint density at radius 3 is 2.44 bits per heavy atom. The maximum atomic E-state index is 15.3. The minimum Gasteiger partial charge on any atom is -0.395 e. The van der Waals surface area contributed by atoms with Crippen molar-refractivity contribution in [1.82, 2.24) is 14.5 Å². The highest BCUT2D eigenvalue weighted by atomic mass is 35.5. The van der Waals surface area contributed by atoms with Crippen LogP contribution in [0.3, 0.4) is 0 Å². The third kappa shape index (κ3) is 5.23. The van der Waals surface area contributed by atoms with Gasteiger partial charge in [0, 0.05) is 49.4 Å².